The standard InChI is InChI=1S/C18H16N2O4/c1-12-6-3-4-9-15(12)17-19-16(24-20-17)11-23-14-8-5-7-13(10-14)18(21)22-2/h3-10H,11H2,1-2H3. The zero-order valence-electron chi connectivity index (χ0n) is 13.4. The molecule has 0 spiro atoms. The molecule has 0 radical (unpaired) electrons. The number of hydrogen-bond acceptors (Lipinski definition) is 6. The average Bonchev–Trinajstić information content (AvgIpc) is 3.08. The van der Waals surface area contributed by atoms with E-state index in [1.54, 1.807) is 24.3 Å². The van der Waals surface area contributed by atoms with Gasteiger partial charge in [-0.3, -0.25) is 0 Å². The maximum atomic E-state index is 11.5. The van der Waals surface area contributed by atoms with Crippen LogP contribution < -0.4 is 4.74 Å². The van der Waals surface area contributed by atoms with E-state index in [1.807, 2.05) is 31.2 Å². The first-order valence-electron chi connectivity index (χ1n) is 7.37. The van der Waals surface area contributed by atoms with Gasteiger partial charge in [-0.1, -0.05) is 35.5 Å². The molecule has 0 aliphatic heterocycles. The molecule has 0 bridgehead atoms. The molecule has 0 amide bonds. The van der Waals surface area contributed by atoms with Crippen LogP contribution in [0.4, 0.5) is 0 Å². The van der Waals surface area contributed by atoms with Gasteiger partial charge in [0.15, 0.2) is 6.61 Å². The number of carbonyl (C=O) groups is 1. The summed E-state index contributed by atoms with van der Waals surface area (Å²) >= 11 is 0. The predicted octanol–water partition coefficient (Wildman–Crippen LogP) is 3.41. The van der Waals surface area contributed by atoms with Crippen LogP contribution >= 0.6 is 0 Å². The van der Waals surface area contributed by atoms with Gasteiger partial charge >= 0.3 is 5.97 Å². The lowest BCUT2D eigenvalue weighted by Gasteiger charge is -2.04. The van der Waals surface area contributed by atoms with Crippen LogP contribution in [0.3, 0.4) is 0 Å². The number of hydrogen-bond donors (Lipinski definition) is 0. The number of rotatable bonds is 5. The van der Waals surface area contributed by atoms with Crippen molar-refractivity contribution in [3.8, 4) is 17.1 Å². The van der Waals surface area contributed by atoms with Gasteiger partial charge in [0.05, 0.1) is 12.7 Å². The summed E-state index contributed by atoms with van der Waals surface area (Å²) in [5.74, 6) is 0.986. The zero-order valence-corrected chi connectivity index (χ0v) is 13.4. The number of ether oxygens (including phenoxy) is 2. The van der Waals surface area contributed by atoms with E-state index in [1.165, 1.54) is 7.11 Å². The summed E-state index contributed by atoms with van der Waals surface area (Å²) in [4.78, 5) is 15.8. The van der Waals surface area contributed by atoms with Crippen molar-refractivity contribution in [2.24, 2.45) is 0 Å². The monoisotopic (exact) mass is 324 g/mol. The molecule has 0 saturated carbocycles. The summed E-state index contributed by atoms with van der Waals surface area (Å²) < 4.78 is 15.5. The van der Waals surface area contributed by atoms with Crippen LogP contribution in [0.25, 0.3) is 11.4 Å². The van der Waals surface area contributed by atoms with Gasteiger partial charge in [0.25, 0.3) is 5.89 Å². The van der Waals surface area contributed by atoms with Gasteiger partial charge in [-0.25, -0.2) is 4.79 Å². The normalized spacial score (nSPS) is 10.4. The average molecular weight is 324 g/mol. The lowest BCUT2D eigenvalue weighted by atomic mass is 10.1. The second-order valence-corrected chi connectivity index (χ2v) is 5.13. The lowest BCUT2D eigenvalue weighted by molar-refractivity contribution is 0.0600. The fourth-order valence-corrected chi connectivity index (χ4v) is 2.22. The van der Waals surface area contributed by atoms with Gasteiger partial charge in [0, 0.05) is 5.56 Å². The Hall–Kier alpha value is -3.15. The smallest absolute Gasteiger partial charge is 0.337 e. The SMILES string of the molecule is COC(=O)c1cccc(OCc2nc(-c3ccccc3C)no2)c1. The Morgan fingerprint density at radius 1 is 1.17 bits per heavy atom. The summed E-state index contributed by atoms with van der Waals surface area (Å²) in [5, 5.41) is 3.98. The molecule has 0 aliphatic carbocycles. The third-order valence-electron chi connectivity index (χ3n) is 3.47. The minimum absolute atomic E-state index is 0.115. The first-order valence-corrected chi connectivity index (χ1v) is 7.37. The van der Waals surface area contributed by atoms with Crippen LogP contribution in [0.2, 0.25) is 0 Å². The van der Waals surface area contributed by atoms with Crippen LogP contribution in [0, 0.1) is 6.92 Å². The third kappa shape index (κ3) is 3.43. The second kappa shape index (κ2) is 6.95. The number of methoxy groups -OCH3 is 1. The summed E-state index contributed by atoms with van der Waals surface area (Å²) in [5.41, 5.74) is 2.40. The highest BCUT2D eigenvalue weighted by molar-refractivity contribution is 5.89. The summed E-state index contributed by atoms with van der Waals surface area (Å²) in [7, 11) is 1.33. The minimum Gasteiger partial charge on any atom is -0.484 e. The molecule has 0 aliphatic rings. The van der Waals surface area contributed by atoms with Gasteiger partial charge in [-0.2, -0.15) is 4.98 Å². The Balaban J connectivity index is 1.70. The molecule has 6 nitrogen and oxygen atoms in total. The van der Waals surface area contributed by atoms with Crippen LogP contribution in [0.5, 0.6) is 5.75 Å². The largest absolute Gasteiger partial charge is 0.484 e. The molecule has 0 saturated heterocycles. The Labute approximate surface area is 139 Å². The quantitative estimate of drug-likeness (QED) is 0.670. The molecule has 122 valence electrons. The predicted molar refractivity (Wildman–Crippen MR) is 86.6 cm³/mol. The van der Waals surface area contributed by atoms with E-state index in [9.17, 15) is 4.79 Å². The number of aryl methyl sites for hydroxylation is 1. The van der Waals surface area contributed by atoms with Crippen molar-refractivity contribution in [2.45, 2.75) is 13.5 Å². The topological polar surface area (TPSA) is 74.5 Å². The number of carbonyl (C=O) groups excluding carboxylic acids is 1. The van der Waals surface area contributed by atoms with E-state index < -0.39 is 5.97 Å². The van der Waals surface area contributed by atoms with Crippen molar-refractivity contribution in [3.63, 3.8) is 0 Å². The fourth-order valence-electron chi connectivity index (χ4n) is 2.22. The fraction of sp³-hybridized carbons (Fsp3) is 0.167. The van der Waals surface area contributed by atoms with Crippen LogP contribution in [0.15, 0.2) is 53.1 Å². The number of esters is 1. The van der Waals surface area contributed by atoms with Gasteiger partial charge in [-0.15, -0.1) is 0 Å². The van der Waals surface area contributed by atoms with Gasteiger partial charge in [-0.05, 0) is 30.7 Å². The number of benzene rings is 2. The van der Waals surface area contributed by atoms with E-state index in [0.717, 1.165) is 11.1 Å². The molecule has 0 unspecified atom stereocenters. The molecule has 24 heavy (non-hydrogen) atoms. The van der Waals surface area contributed by atoms with E-state index in [2.05, 4.69) is 14.9 Å². The van der Waals surface area contributed by atoms with Crippen molar-refractivity contribution in [2.75, 3.05) is 7.11 Å². The molecule has 3 rings (SSSR count). The van der Waals surface area contributed by atoms with Crippen molar-refractivity contribution in [1.82, 2.24) is 10.1 Å². The second-order valence-electron chi connectivity index (χ2n) is 5.13. The van der Waals surface area contributed by atoms with Crippen molar-refractivity contribution in [3.05, 3.63) is 65.5 Å². The summed E-state index contributed by atoms with van der Waals surface area (Å²) in [6.07, 6.45) is 0. The van der Waals surface area contributed by atoms with Crippen molar-refractivity contribution in [1.29, 1.82) is 0 Å². The first kappa shape index (κ1) is 15.7. The molecule has 1 aromatic heterocycles. The van der Waals surface area contributed by atoms with E-state index >= 15 is 0 Å². The van der Waals surface area contributed by atoms with Gasteiger partial charge in [0.2, 0.25) is 5.82 Å². The van der Waals surface area contributed by atoms with Gasteiger partial charge in [0.1, 0.15) is 5.75 Å². The van der Waals surface area contributed by atoms with Crippen molar-refractivity contribution < 1.29 is 18.8 Å². The van der Waals surface area contributed by atoms with Gasteiger partial charge < -0.3 is 14.0 Å². The highest BCUT2D eigenvalue weighted by atomic mass is 16.5. The van der Waals surface area contributed by atoms with E-state index in [4.69, 9.17) is 9.26 Å². The first-order chi connectivity index (χ1) is 11.7. The molecule has 0 fully saturated rings. The molecular weight excluding hydrogens is 308 g/mol. The lowest BCUT2D eigenvalue weighted by Crippen LogP contribution is -2.02. The Bertz CT molecular complexity index is 857. The maximum absolute atomic E-state index is 11.5. The zero-order chi connectivity index (χ0) is 16.9. The number of nitrogens with zero attached hydrogens (tertiary/aromatic N) is 2. The molecule has 2 aromatic carbocycles. The third-order valence-corrected chi connectivity index (χ3v) is 3.47. The van der Waals surface area contributed by atoms with Crippen molar-refractivity contribution >= 4 is 5.97 Å². The minimum atomic E-state index is -0.417. The summed E-state index contributed by atoms with van der Waals surface area (Å²) in [6.45, 7) is 2.10. The Kier molecular flexibility index (Phi) is 4.56. The molecule has 1 heterocycles. The van der Waals surface area contributed by atoms with Crippen LogP contribution in [0.1, 0.15) is 21.8 Å². The van der Waals surface area contributed by atoms with E-state index in [0.29, 0.717) is 23.0 Å². The van der Waals surface area contributed by atoms with Crippen LogP contribution in [-0.2, 0) is 11.3 Å². The summed E-state index contributed by atoms with van der Waals surface area (Å²) in [6, 6.07) is 14.5. The Morgan fingerprint density at radius 2 is 2.00 bits per heavy atom. The number of aromatic nitrogens is 2. The Morgan fingerprint density at radius 3 is 2.79 bits per heavy atom. The molecule has 6 heteroatoms. The molecule has 3 aromatic rings. The molecule has 0 atom stereocenters. The van der Waals surface area contributed by atoms with E-state index in [-0.39, 0.29) is 6.61 Å². The highest BCUT2D eigenvalue weighted by Crippen LogP contribution is 2.21. The van der Waals surface area contributed by atoms with Crippen LogP contribution in [-0.4, -0.2) is 23.2 Å². The molecule has 0 N–H and O–H groups in total. The molecular formula is C18H16N2O4. The highest BCUT2D eigenvalue weighted by Gasteiger charge is 2.11. The maximum Gasteiger partial charge on any atom is 0.337 e.